The molecular formula is C32H53BrN2O4. The fraction of sp³-hybridized carbons (Fsp3) is 0.906. The van der Waals surface area contributed by atoms with Crippen LogP contribution in [0.2, 0.25) is 0 Å². The third kappa shape index (κ3) is 4.88. The number of likely N-dealkylation sites (tertiary alicyclic amines) is 1. The molecule has 39 heavy (non-hydrogen) atoms. The summed E-state index contributed by atoms with van der Waals surface area (Å²) in [6, 6.07) is 0.663. The highest BCUT2D eigenvalue weighted by Gasteiger charge is 2.67. The van der Waals surface area contributed by atoms with Gasteiger partial charge in [-0.2, -0.15) is 0 Å². The Morgan fingerprint density at radius 2 is 1.82 bits per heavy atom. The molecule has 4 saturated carbocycles. The van der Waals surface area contributed by atoms with E-state index in [2.05, 4.69) is 31.4 Å². The van der Waals surface area contributed by atoms with Crippen LogP contribution >= 0.6 is 0 Å². The third-order valence-corrected chi connectivity index (χ3v) is 13.1. The van der Waals surface area contributed by atoms with Crippen molar-refractivity contribution in [2.45, 2.75) is 103 Å². The number of morpholine rings is 1. The lowest BCUT2D eigenvalue weighted by Gasteiger charge is -2.62. The van der Waals surface area contributed by atoms with E-state index in [1.807, 2.05) is 0 Å². The Labute approximate surface area is 247 Å². The van der Waals surface area contributed by atoms with E-state index in [1.165, 1.54) is 51.6 Å². The van der Waals surface area contributed by atoms with Gasteiger partial charge in [0.2, 0.25) is 0 Å². The fourth-order valence-electron chi connectivity index (χ4n) is 11.3. The van der Waals surface area contributed by atoms with Crippen LogP contribution in [0.25, 0.3) is 0 Å². The summed E-state index contributed by atoms with van der Waals surface area (Å²) in [4.78, 5) is 15.0. The van der Waals surface area contributed by atoms with E-state index in [0.29, 0.717) is 29.7 Å². The monoisotopic (exact) mass is 608 g/mol. The molecule has 4 unspecified atom stereocenters. The minimum Gasteiger partial charge on any atom is -1.00 e. The predicted molar refractivity (Wildman–Crippen MR) is 148 cm³/mol. The molecule has 10 atom stereocenters. The molecule has 4 aliphatic carbocycles. The Morgan fingerprint density at radius 3 is 2.49 bits per heavy atom. The number of carbonyl (C=O) groups excluding carboxylic acids is 1. The summed E-state index contributed by atoms with van der Waals surface area (Å²) >= 11 is 0. The molecule has 6 aliphatic rings. The summed E-state index contributed by atoms with van der Waals surface area (Å²) in [6.45, 7) is 17.7. The molecule has 6 nitrogen and oxygen atoms in total. The first-order valence-electron chi connectivity index (χ1n) is 15.9. The molecule has 0 aromatic carbocycles. The van der Waals surface area contributed by atoms with Crippen LogP contribution < -0.4 is 17.0 Å². The summed E-state index contributed by atoms with van der Waals surface area (Å²) in [5.41, 5.74) is 0.343. The van der Waals surface area contributed by atoms with Gasteiger partial charge in [-0.25, -0.2) is 0 Å². The largest absolute Gasteiger partial charge is 1.00 e. The second-order valence-corrected chi connectivity index (χ2v) is 14.6. The van der Waals surface area contributed by atoms with Crippen molar-refractivity contribution in [1.29, 1.82) is 0 Å². The van der Waals surface area contributed by atoms with E-state index < -0.39 is 0 Å². The quantitative estimate of drug-likeness (QED) is 0.291. The van der Waals surface area contributed by atoms with Crippen molar-refractivity contribution < 1.29 is 40.8 Å². The molecule has 6 fully saturated rings. The van der Waals surface area contributed by atoms with Gasteiger partial charge in [0.1, 0.15) is 6.04 Å². The molecule has 1 N–H and O–H groups in total. The molecule has 222 valence electrons. The van der Waals surface area contributed by atoms with Gasteiger partial charge in [0.15, 0.2) is 6.10 Å². The van der Waals surface area contributed by atoms with E-state index in [1.54, 1.807) is 6.92 Å². The fourth-order valence-corrected chi connectivity index (χ4v) is 11.3. The van der Waals surface area contributed by atoms with E-state index >= 15 is 0 Å². The highest BCUT2D eigenvalue weighted by Crippen LogP contribution is 2.67. The molecule has 2 aliphatic heterocycles. The van der Waals surface area contributed by atoms with E-state index in [9.17, 15) is 9.90 Å². The number of nitrogens with zero attached hydrogens (tertiary/aromatic N) is 2. The zero-order valence-electron chi connectivity index (χ0n) is 24.7. The Balaban J connectivity index is 0.00000308. The van der Waals surface area contributed by atoms with Crippen molar-refractivity contribution in [1.82, 2.24) is 4.90 Å². The Hall–Kier alpha value is -0.470. The Kier molecular flexibility index (Phi) is 8.70. The topological polar surface area (TPSA) is 59.0 Å². The molecule has 0 spiro atoms. The number of halogens is 1. The van der Waals surface area contributed by atoms with Crippen LogP contribution in [0.3, 0.4) is 0 Å². The average Bonchev–Trinajstić information content (AvgIpc) is 3.48. The molecule has 2 saturated heterocycles. The number of aliphatic hydroxyl groups is 1. The lowest BCUT2D eigenvalue weighted by atomic mass is 9.44. The number of ether oxygens (including phenoxy) is 2. The molecule has 0 radical (unpaired) electrons. The summed E-state index contributed by atoms with van der Waals surface area (Å²) < 4.78 is 13.1. The van der Waals surface area contributed by atoms with Crippen LogP contribution in [0.5, 0.6) is 0 Å². The number of fused-ring (bicyclic) bond motifs is 5. The first-order chi connectivity index (χ1) is 18.2. The normalized spacial score (nSPS) is 47.3. The van der Waals surface area contributed by atoms with Gasteiger partial charge in [0, 0.05) is 50.7 Å². The van der Waals surface area contributed by atoms with Crippen LogP contribution in [-0.2, 0) is 14.3 Å². The summed E-state index contributed by atoms with van der Waals surface area (Å²) in [5, 5.41) is 11.3. The Morgan fingerprint density at radius 1 is 1.10 bits per heavy atom. The minimum absolute atomic E-state index is 0. The molecule has 7 heteroatoms. The molecule has 2 heterocycles. The van der Waals surface area contributed by atoms with Crippen molar-refractivity contribution in [2.24, 2.45) is 34.5 Å². The number of rotatable bonds is 5. The molecule has 0 aromatic heterocycles. The maximum atomic E-state index is 12.5. The number of hydrogen-bond donors (Lipinski definition) is 1. The average molecular weight is 610 g/mol. The predicted octanol–water partition coefficient (Wildman–Crippen LogP) is 1.41. The van der Waals surface area contributed by atoms with E-state index in [4.69, 9.17) is 9.47 Å². The maximum Gasteiger partial charge on any atom is 0.303 e. The van der Waals surface area contributed by atoms with E-state index in [-0.39, 0.29) is 52.0 Å². The summed E-state index contributed by atoms with van der Waals surface area (Å²) in [5.74, 6) is 2.54. The van der Waals surface area contributed by atoms with Gasteiger partial charge >= 0.3 is 5.97 Å². The standard InChI is InChI=1S/C32H53N2O4.BrH/c1-5-14-34(15-6-7-16-34)28-20-26-24-9-8-23-19-29(36)27(33-12-17-37-18-13-33)21-32(23,4)25(24)10-11-31(26,3)30(28)38-22(2)35;/h5,23-30,36H,1,6-21H2,2-4H3;1H/q+1;/p-1/t23?,24?,25?,26?,27-,28-,29+,30-,31-,32-;/m0./s1. The van der Waals surface area contributed by atoms with E-state index in [0.717, 1.165) is 56.6 Å². The molecular weight excluding hydrogens is 556 g/mol. The molecule has 6 rings (SSSR count). The number of esters is 1. The van der Waals surface area contributed by atoms with Gasteiger partial charge in [0.25, 0.3) is 0 Å². The molecule has 0 amide bonds. The second-order valence-electron chi connectivity index (χ2n) is 14.6. The number of aliphatic hydroxyl groups excluding tert-OH is 1. The van der Waals surface area contributed by atoms with Crippen LogP contribution in [0.15, 0.2) is 12.7 Å². The SMILES string of the molecule is C=CC[N+]1([C@H]2CC3C4CCC5C[C@@H](O)[C@@H](N6CCOCC6)C[C@]5(C)C4CC[C@]3(C)[C@H]2OC(C)=O)CCCC1.[Br-]. The highest BCUT2D eigenvalue weighted by atomic mass is 79.9. The van der Waals surface area contributed by atoms with Gasteiger partial charge in [-0.15, -0.1) is 0 Å². The maximum absolute atomic E-state index is 12.5. The highest BCUT2D eigenvalue weighted by molar-refractivity contribution is 5.66. The Bertz CT molecular complexity index is 905. The van der Waals surface area contributed by atoms with Crippen molar-refractivity contribution in [3.8, 4) is 0 Å². The zero-order valence-corrected chi connectivity index (χ0v) is 26.2. The van der Waals surface area contributed by atoms with Crippen LogP contribution in [0.1, 0.15) is 78.6 Å². The summed E-state index contributed by atoms with van der Waals surface area (Å²) in [7, 11) is 0. The first-order valence-corrected chi connectivity index (χ1v) is 15.9. The summed E-state index contributed by atoms with van der Waals surface area (Å²) in [6.07, 6.45) is 12.7. The smallest absolute Gasteiger partial charge is 0.303 e. The van der Waals surface area contributed by atoms with Crippen molar-refractivity contribution >= 4 is 5.97 Å². The van der Waals surface area contributed by atoms with Gasteiger partial charge in [-0.05, 0) is 73.7 Å². The van der Waals surface area contributed by atoms with Crippen molar-refractivity contribution in [3.63, 3.8) is 0 Å². The number of carbonyl (C=O) groups is 1. The molecule has 0 aromatic rings. The van der Waals surface area contributed by atoms with Gasteiger partial charge in [0.05, 0.1) is 39.0 Å². The second kappa shape index (κ2) is 11.3. The van der Waals surface area contributed by atoms with Crippen molar-refractivity contribution in [3.05, 3.63) is 12.7 Å². The van der Waals surface area contributed by atoms with Gasteiger partial charge < -0.3 is 36.0 Å². The number of quaternary nitrogens is 1. The van der Waals surface area contributed by atoms with Gasteiger partial charge in [-0.1, -0.05) is 20.4 Å². The van der Waals surface area contributed by atoms with Crippen LogP contribution in [-0.4, -0.2) is 90.7 Å². The van der Waals surface area contributed by atoms with Crippen LogP contribution in [0.4, 0.5) is 0 Å². The zero-order chi connectivity index (χ0) is 26.7. The van der Waals surface area contributed by atoms with Crippen molar-refractivity contribution in [2.75, 3.05) is 45.9 Å². The molecule has 0 bridgehead atoms. The lowest BCUT2D eigenvalue weighted by Crippen LogP contribution is -3.00. The third-order valence-electron chi connectivity index (χ3n) is 13.1. The lowest BCUT2D eigenvalue weighted by molar-refractivity contribution is -0.937. The number of hydrogen-bond acceptors (Lipinski definition) is 5. The van der Waals surface area contributed by atoms with Crippen LogP contribution in [0, 0.1) is 34.5 Å². The minimum atomic E-state index is -0.209. The van der Waals surface area contributed by atoms with Gasteiger partial charge in [-0.3, -0.25) is 9.69 Å². The first kappa shape index (κ1) is 30.0.